The summed E-state index contributed by atoms with van der Waals surface area (Å²) in [6.45, 7) is 0. The second-order valence-corrected chi connectivity index (χ2v) is 5.61. The number of fused-ring (bicyclic) bond motifs is 1. The van der Waals surface area contributed by atoms with Gasteiger partial charge in [0.1, 0.15) is 17.6 Å². The first-order chi connectivity index (χ1) is 9.74. The Morgan fingerprint density at radius 1 is 1.40 bits per heavy atom. The van der Waals surface area contributed by atoms with Gasteiger partial charge in [0, 0.05) is 5.39 Å². The van der Waals surface area contributed by atoms with Crippen LogP contribution in [0.4, 0.5) is 0 Å². The van der Waals surface area contributed by atoms with Crippen molar-refractivity contribution in [3.05, 3.63) is 51.4 Å². The van der Waals surface area contributed by atoms with Crippen molar-refractivity contribution in [2.75, 3.05) is 7.11 Å². The van der Waals surface area contributed by atoms with Gasteiger partial charge in [-0.05, 0) is 23.6 Å². The van der Waals surface area contributed by atoms with Crippen molar-refractivity contribution in [3.8, 4) is 5.75 Å². The highest BCUT2D eigenvalue weighted by Crippen LogP contribution is 2.37. The highest BCUT2D eigenvalue weighted by molar-refractivity contribution is 7.10. The molecule has 20 heavy (non-hydrogen) atoms. The van der Waals surface area contributed by atoms with Crippen molar-refractivity contribution in [2.24, 2.45) is 5.84 Å². The van der Waals surface area contributed by atoms with E-state index in [1.54, 1.807) is 24.5 Å². The third-order valence-electron chi connectivity index (χ3n) is 3.11. The summed E-state index contributed by atoms with van der Waals surface area (Å²) in [6, 6.07) is 9.21. The first-order valence-electron chi connectivity index (χ1n) is 6.00. The van der Waals surface area contributed by atoms with Crippen LogP contribution in [-0.4, -0.2) is 7.11 Å². The predicted molar refractivity (Wildman–Crippen MR) is 81.3 cm³/mol. The average Bonchev–Trinajstić information content (AvgIpc) is 3.07. The number of hydrogen-bond acceptors (Lipinski definition) is 5. The summed E-state index contributed by atoms with van der Waals surface area (Å²) in [5, 5.41) is 3.49. The molecule has 0 fully saturated rings. The van der Waals surface area contributed by atoms with E-state index in [0.717, 1.165) is 16.0 Å². The Bertz CT molecular complexity index is 738. The maximum absolute atomic E-state index is 6.13. The van der Waals surface area contributed by atoms with Crippen molar-refractivity contribution >= 4 is 33.9 Å². The van der Waals surface area contributed by atoms with Gasteiger partial charge < -0.3 is 9.15 Å². The van der Waals surface area contributed by atoms with Crippen LogP contribution in [0.5, 0.6) is 5.75 Å². The maximum Gasteiger partial charge on any atom is 0.152 e. The van der Waals surface area contributed by atoms with E-state index in [4.69, 9.17) is 26.6 Å². The number of nitrogens with one attached hydrogen (secondary N) is 1. The first-order valence-corrected chi connectivity index (χ1v) is 7.26. The summed E-state index contributed by atoms with van der Waals surface area (Å²) >= 11 is 7.69. The molecule has 3 aromatic rings. The smallest absolute Gasteiger partial charge is 0.152 e. The van der Waals surface area contributed by atoms with E-state index in [0.29, 0.717) is 16.4 Å². The number of hydrazine groups is 1. The standard InChI is InChI=1S/C14H13ClN2O2S/c1-18-10-5-6-20-14(10)12(17-16)11-7-8-3-2-4-9(15)13(8)19-11/h2-7,12,17H,16H2,1H3. The zero-order chi connectivity index (χ0) is 14.1. The molecule has 0 spiro atoms. The Labute approximate surface area is 125 Å². The van der Waals surface area contributed by atoms with Gasteiger partial charge in [-0.15, -0.1) is 11.3 Å². The third kappa shape index (κ3) is 2.19. The van der Waals surface area contributed by atoms with Gasteiger partial charge in [-0.3, -0.25) is 5.84 Å². The van der Waals surface area contributed by atoms with E-state index in [1.165, 1.54) is 0 Å². The fourth-order valence-corrected chi connectivity index (χ4v) is 3.31. The van der Waals surface area contributed by atoms with Crippen molar-refractivity contribution in [1.29, 1.82) is 0 Å². The molecule has 104 valence electrons. The summed E-state index contributed by atoms with van der Waals surface area (Å²) in [4.78, 5) is 0.963. The number of ether oxygens (including phenoxy) is 1. The van der Waals surface area contributed by atoms with Crippen LogP contribution in [0.15, 0.2) is 40.1 Å². The minimum atomic E-state index is -0.270. The largest absolute Gasteiger partial charge is 0.496 e. The molecular formula is C14H13ClN2O2S. The molecule has 1 unspecified atom stereocenters. The quantitative estimate of drug-likeness (QED) is 0.570. The summed E-state index contributed by atoms with van der Waals surface area (Å²) in [5.74, 6) is 7.17. The normalized spacial score (nSPS) is 12.8. The highest BCUT2D eigenvalue weighted by atomic mass is 35.5. The topological polar surface area (TPSA) is 60.4 Å². The summed E-state index contributed by atoms with van der Waals surface area (Å²) in [6.07, 6.45) is 0. The molecule has 2 heterocycles. The first kappa shape index (κ1) is 13.5. The Hall–Kier alpha value is -1.53. The lowest BCUT2D eigenvalue weighted by molar-refractivity contribution is 0.401. The molecular weight excluding hydrogens is 296 g/mol. The van der Waals surface area contributed by atoms with E-state index in [-0.39, 0.29) is 6.04 Å². The average molecular weight is 309 g/mol. The van der Waals surface area contributed by atoms with Crippen LogP contribution in [0, 0.1) is 0 Å². The third-order valence-corrected chi connectivity index (χ3v) is 4.37. The van der Waals surface area contributed by atoms with Gasteiger partial charge in [-0.1, -0.05) is 23.7 Å². The summed E-state index contributed by atoms with van der Waals surface area (Å²) in [7, 11) is 1.63. The lowest BCUT2D eigenvalue weighted by Crippen LogP contribution is -2.28. The molecule has 1 aromatic carbocycles. The molecule has 0 aliphatic carbocycles. The van der Waals surface area contributed by atoms with Gasteiger partial charge in [0.15, 0.2) is 5.58 Å². The SMILES string of the molecule is COc1ccsc1C(NN)c1cc2cccc(Cl)c2o1. The second kappa shape index (κ2) is 5.46. The van der Waals surface area contributed by atoms with Crippen LogP contribution in [0.1, 0.15) is 16.7 Å². The Kier molecular flexibility index (Phi) is 3.67. The van der Waals surface area contributed by atoms with Gasteiger partial charge in [0.05, 0.1) is 17.0 Å². The van der Waals surface area contributed by atoms with Crippen molar-refractivity contribution in [1.82, 2.24) is 5.43 Å². The number of methoxy groups -OCH3 is 1. The molecule has 0 bridgehead atoms. The van der Waals surface area contributed by atoms with Crippen LogP contribution in [0.25, 0.3) is 11.0 Å². The number of nitrogens with two attached hydrogens (primary N) is 1. The molecule has 3 rings (SSSR count). The molecule has 0 amide bonds. The maximum atomic E-state index is 6.13. The number of thiophene rings is 1. The molecule has 1 atom stereocenters. The lowest BCUT2D eigenvalue weighted by atomic mass is 10.1. The van der Waals surface area contributed by atoms with Crippen LogP contribution in [-0.2, 0) is 0 Å². The van der Waals surface area contributed by atoms with Crippen molar-refractivity contribution in [2.45, 2.75) is 6.04 Å². The molecule has 6 heteroatoms. The summed E-state index contributed by atoms with van der Waals surface area (Å²) < 4.78 is 11.2. The molecule has 2 aromatic heterocycles. The Morgan fingerprint density at radius 3 is 2.95 bits per heavy atom. The number of benzene rings is 1. The van der Waals surface area contributed by atoms with Crippen LogP contribution >= 0.6 is 22.9 Å². The van der Waals surface area contributed by atoms with Gasteiger partial charge >= 0.3 is 0 Å². The van der Waals surface area contributed by atoms with E-state index in [2.05, 4.69) is 5.43 Å². The van der Waals surface area contributed by atoms with Gasteiger partial charge in [0.25, 0.3) is 0 Å². The number of rotatable bonds is 4. The van der Waals surface area contributed by atoms with E-state index < -0.39 is 0 Å². The van der Waals surface area contributed by atoms with Crippen molar-refractivity contribution < 1.29 is 9.15 Å². The van der Waals surface area contributed by atoms with Gasteiger partial charge in [-0.25, -0.2) is 5.43 Å². The summed E-state index contributed by atoms with van der Waals surface area (Å²) in [5.41, 5.74) is 3.44. The van der Waals surface area contributed by atoms with Crippen LogP contribution < -0.4 is 16.0 Å². The number of para-hydroxylation sites is 1. The van der Waals surface area contributed by atoms with Crippen LogP contribution in [0.3, 0.4) is 0 Å². The number of furan rings is 1. The van der Waals surface area contributed by atoms with Crippen LogP contribution in [0.2, 0.25) is 5.02 Å². The van der Waals surface area contributed by atoms with E-state index >= 15 is 0 Å². The number of halogens is 1. The minimum Gasteiger partial charge on any atom is -0.496 e. The molecule has 0 radical (unpaired) electrons. The monoisotopic (exact) mass is 308 g/mol. The fourth-order valence-electron chi connectivity index (χ4n) is 2.16. The predicted octanol–water partition coefficient (Wildman–Crippen LogP) is 3.71. The molecule has 4 nitrogen and oxygen atoms in total. The number of hydrogen-bond donors (Lipinski definition) is 2. The van der Waals surface area contributed by atoms with E-state index in [9.17, 15) is 0 Å². The fraction of sp³-hybridized carbons (Fsp3) is 0.143. The van der Waals surface area contributed by atoms with Gasteiger partial charge in [0.2, 0.25) is 0 Å². The van der Waals surface area contributed by atoms with E-state index in [1.807, 2.05) is 29.6 Å². The lowest BCUT2D eigenvalue weighted by Gasteiger charge is -2.13. The molecule has 0 saturated carbocycles. The zero-order valence-corrected chi connectivity index (χ0v) is 12.3. The highest BCUT2D eigenvalue weighted by Gasteiger charge is 2.22. The van der Waals surface area contributed by atoms with Crippen molar-refractivity contribution in [3.63, 3.8) is 0 Å². The zero-order valence-electron chi connectivity index (χ0n) is 10.7. The molecule has 0 saturated heterocycles. The molecule has 0 aliphatic rings. The second-order valence-electron chi connectivity index (χ2n) is 4.26. The Balaban J connectivity index is 2.10. The Morgan fingerprint density at radius 2 is 2.25 bits per heavy atom. The minimum absolute atomic E-state index is 0.270. The van der Waals surface area contributed by atoms with Gasteiger partial charge in [-0.2, -0.15) is 0 Å². The molecule has 0 aliphatic heterocycles. The molecule has 3 N–H and O–H groups in total.